The van der Waals surface area contributed by atoms with Crippen LogP contribution in [-0.4, -0.2) is 41.9 Å². The Balaban J connectivity index is 1.47. The van der Waals surface area contributed by atoms with Crippen molar-refractivity contribution in [3.63, 3.8) is 0 Å². The van der Waals surface area contributed by atoms with E-state index in [1.165, 1.54) is 4.90 Å². The largest absolute Gasteiger partial charge is 0.336 e. The number of hydrogen-bond donors (Lipinski definition) is 2. The molecule has 1 saturated carbocycles. The Kier molecular flexibility index (Phi) is 3.45. The van der Waals surface area contributed by atoms with Crippen LogP contribution in [0.2, 0.25) is 0 Å². The molecule has 0 saturated heterocycles. The second kappa shape index (κ2) is 5.63. The average Bonchev–Trinajstić information content (AvgIpc) is 3.36. The van der Waals surface area contributed by atoms with Crippen molar-refractivity contribution in [1.82, 2.24) is 15.5 Å². The third-order valence-corrected chi connectivity index (χ3v) is 4.37. The Morgan fingerprint density at radius 2 is 1.62 bits per heavy atom. The van der Waals surface area contributed by atoms with Gasteiger partial charge in [-0.15, -0.1) is 0 Å². The number of benzene rings is 2. The monoisotopic (exact) mass is 323 g/mol. The first-order valence-electron chi connectivity index (χ1n) is 8.07. The Hall–Kier alpha value is -2.89. The van der Waals surface area contributed by atoms with Gasteiger partial charge in [0.1, 0.15) is 0 Å². The maximum atomic E-state index is 12.5. The zero-order valence-electron chi connectivity index (χ0n) is 13.0. The summed E-state index contributed by atoms with van der Waals surface area (Å²) in [5, 5.41) is 7.35. The summed E-state index contributed by atoms with van der Waals surface area (Å²) in [6.45, 7) is 0.407. The lowest BCUT2D eigenvalue weighted by molar-refractivity contribution is 0.0656. The summed E-state index contributed by atoms with van der Waals surface area (Å²) in [4.78, 5) is 37.8. The SMILES string of the molecule is O=C(NCCN1C(=O)c2cc3ccccc3cc2C1=O)NC1CC1. The van der Waals surface area contributed by atoms with Gasteiger partial charge in [-0.05, 0) is 35.7 Å². The summed E-state index contributed by atoms with van der Waals surface area (Å²) >= 11 is 0. The van der Waals surface area contributed by atoms with Gasteiger partial charge in [0.15, 0.2) is 0 Å². The molecule has 2 aliphatic rings. The summed E-state index contributed by atoms with van der Waals surface area (Å²) in [7, 11) is 0. The molecule has 0 spiro atoms. The van der Waals surface area contributed by atoms with E-state index < -0.39 is 0 Å². The normalized spacial score (nSPS) is 16.4. The maximum absolute atomic E-state index is 12.5. The van der Waals surface area contributed by atoms with Crippen molar-refractivity contribution in [2.45, 2.75) is 18.9 Å². The number of carbonyl (C=O) groups excluding carboxylic acids is 3. The van der Waals surface area contributed by atoms with Crippen LogP contribution < -0.4 is 10.6 Å². The second-order valence-corrected chi connectivity index (χ2v) is 6.18. The minimum absolute atomic E-state index is 0.167. The summed E-state index contributed by atoms with van der Waals surface area (Å²) in [6.07, 6.45) is 2.03. The van der Waals surface area contributed by atoms with Crippen molar-refractivity contribution < 1.29 is 14.4 Å². The van der Waals surface area contributed by atoms with Crippen molar-refractivity contribution in [3.8, 4) is 0 Å². The van der Waals surface area contributed by atoms with Crippen molar-refractivity contribution in [2.75, 3.05) is 13.1 Å². The Morgan fingerprint density at radius 1 is 1.04 bits per heavy atom. The molecule has 0 aromatic heterocycles. The zero-order valence-corrected chi connectivity index (χ0v) is 13.0. The summed E-state index contributed by atoms with van der Waals surface area (Å²) in [5.41, 5.74) is 0.863. The molecule has 2 aromatic rings. The first-order valence-corrected chi connectivity index (χ1v) is 8.07. The molecule has 6 nitrogen and oxygen atoms in total. The first-order chi connectivity index (χ1) is 11.6. The van der Waals surface area contributed by atoms with E-state index in [9.17, 15) is 14.4 Å². The van der Waals surface area contributed by atoms with Gasteiger partial charge in [-0.2, -0.15) is 0 Å². The fourth-order valence-corrected chi connectivity index (χ4v) is 2.93. The van der Waals surface area contributed by atoms with Gasteiger partial charge < -0.3 is 10.6 Å². The molecule has 0 unspecified atom stereocenters. The molecule has 2 aromatic carbocycles. The highest BCUT2D eigenvalue weighted by Crippen LogP contribution is 2.27. The van der Waals surface area contributed by atoms with Gasteiger partial charge in [-0.3, -0.25) is 14.5 Å². The highest BCUT2D eigenvalue weighted by molar-refractivity contribution is 6.23. The van der Waals surface area contributed by atoms with Crippen LogP contribution in [0, 0.1) is 0 Å². The number of fused-ring (bicyclic) bond motifs is 2. The van der Waals surface area contributed by atoms with Gasteiger partial charge in [0, 0.05) is 19.1 Å². The second-order valence-electron chi connectivity index (χ2n) is 6.18. The Labute approximate surface area is 138 Å². The van der Waals surface area contributed by atoms with Crippen molar-refractivity contribution in [3.05, 3.63) is 47.5 Å². The molecule has 4 amide bonds. The summed E-state index contributed by atoms with van der Waals surface area (Å²) in [6, 6.07) is 11.2. The standard InChI is InChI=1S/C18H17N3O3/c22-16-14-9-11-3-1-2-4-12(11)10-15(14)17(23)21(16)8-7-19-18(24)20-13-5-6-13/h1-4,9-10,13H,5-8H2,(H2,19,20,24). The van der Waals surface area contributed by atoms with E-state index >= 15 is 0 Å². The van der Waals surface area contributed by atoms with Crippen LogP contribution in [0.5, 0.6) is 0 Å². The zero-order chi connectivity index (χ0) is 16.7. The number of nitrogens with one attached hydrogen (secondary N) is 2. The molecule has 0 radical (unpaired) electrons. The highest BCUT2D eigenvalue weighted by Gasteiger charge is 2.35. The molecule has 122 valence electrons. The molecule has 2 N–H and O–H groups in total. The lowest BCUT2D eigenvalue weighted by Crippen LogP contribution is -2.42. The maximum Gasteiger partial charge on any atom is 0.315 e. The molecule has 1 aliphatic heterocycles. The van der Waals surface area contributed by atoms with E-state index in [0.29, 0.717) is 11.1 Å². The number of rotatable bonds is 4. The van der Waals surface area contributed by atoms with Gasteiger partial charge in [0.2, 0.25) is 0 Å². The van der Waals surface area contributed by atoms with E-state index in [1.807, 2.05) is 24.3 Å². The molecule has 0 atom stereocenters. The van der Waals surface area contributed by atoms with E-state index in [2.05, 4.69) is 10.6 Å². The third kappa shape index (κ3) is 2.60. The quantitative estimate of drug-likeness (QED) is 0.844. The topological polar surface area (TPSA) is 78.5 Å². The highest BCUT2D eigenvalue weighted by atomic mass is 16.2. The van der Waals surface area contributed by atoms with Gasteiger partial charge in [0.05, 0.1) is 11.1 Å². The van der Waals surface area contributed by atoms with Crippen LogP contribution in [0.15, 0.2) is 36.4 Å². The predicted octanol–water partition coefficient (Wildman–Crippen LogP) is 1.90. The fraction of sp³-hybridized carbons (Fsp3) is 0.278. The lowest BCUT2D eigenvalue weighted by Gasteiger charge is -2.14. The molecule has 4 rings (SSSR count). The molecule has 24 heavy (non-hydrogen) atoms. The number of carbonyl (C=O) groups is 3. The molecular weight excluding hydrogens is 306 g/mol. The number of amides is 4. The predicted molar refractivity (Wildman–Crippen MR) is 88.9 cm³/mol. The third-order valence-electron chi connectivity index (χ3n) is 4.37. The van der Waals surface area contributed by atoms with Crippen LogP contribution in [-0.2, 0) is 0 Å². The first kappa shape index (κ1) is 14.7. The Bertz CT molecular complexity index is 803. The van der Waals surface area contributed by atoms with Crippen molar-refractivity contribution in [2.24, 2.45) is 0 Å². The molecule has 1 fully saturated rings. The van der Waals surface area contributed by atoms with Crippen LogP contribution in [0.25, 0.3) is 10.8 Å². The molecular formula is C18H17N3O3. The molecule has 1 heterocycles. The van der Waals surface area contributed by atoms with Crippen LogP contribution >= 0.6 is 0 Å². The number of urea groups is 1. The summed E-state index contributed by atoms with van der Waals surface area (Å²) in [5.74, 6) is -0.602. The van der Waals surface area contributed by atoms with E-state index in [4.69, 9.17) is 0 Å². The minimum atomic E-state index is -0.301. The minimum Gasteiger partial charge on any atom is -0.336 e. The number of hydrogen-bond acceptors (Lipinski definition) is 3. The molecule has 0 bridgehead atoms. The fourth-order valence-electron chi connectivity index (χ4n) is 2.93. The van der Waals surface area contributed by atoms with Gasteiger partial charge in [-0.25, -0.2) is 4.79 Å². The van der Waals surface area contributed by atoms with Crippen LogP contribution in [0.3, 0.4) is 0 Å². The van der Waals surface area contributed by atoms with Crippen molar-refractivity contribution in [1.29, 1.82) is 0 Å². The number of nitrogens with zero attached hydrogens (tertiary/aromatic N) is 1. The smallest absolute Gasteiger partial charge is 0.315 e. The summed E-state index contributed by atoms with van der Waals surface area (Å²) < 4.78 is 0. The molecule has 6 heteroatoms. The van der Waals surface area contributed by atoms with Gasteiger partial charge in [0.25, 0.3) is 11.8 Å². The average molecular weight is 323 g/mol. The van der Waals surface area contributed by atoms with Crippen LogP contribution in [0.1, 0.15) is 33.6 Å². The van der Waals surface area contributed by atoms with Gasteiger partial charge in [-0.1, -0.05) is 24.3 Å². The Morgan fingerprint density at radius 3 is 2.17 bits per heavy atom. The molecule has 1 aliphatic carbocycles. The van der Waals surface area contributed by atoms with Gasteiger partial charge >= 0.3 is 6.03 Å². The number of imide groups is 1. The van der Waals surface area contributed by atoms with E-state index in [-0.39, 0.29) is 37.0 Å². The van der Waals surface area contributed by atoms with E-state index in [0.717, 1.165) is 23.6 Å². The van der Waals surface area contributed by atoms with Crippen molar-refractivity contribution >= 4 is 28.6 Å². The van der Waals surface area contributed by atoms with E-state index in [1.54, 1.807) is 12.1 Å². The lowest BCUT2D eigenvalue weighted by atomic mass is 10.0. The van der Waals surface area contributed by atoms with Crippen LogP contribution in [0.4, 0.5) is 4.79 Å².